The minimum absolute atomic E-state index is 0.119. The van der Waals surface area contributed by atoms with E-state index in [9.17, 15) is 9.18 Å². The summed E-state index contributed by atoms with van der Waals surface area (Å²) in [4.78, 5) is 14.4. The van der Waals surface area contributed by atoms with E-state index in [4.69, 9.17) is 10.5 Å². The molecule has 1 aromatic carbocycles. The van der Waals surface area contributed by atoms with Gasteiger partial charge in [-0.15, -0.1) is 0 Å². The van der Waals surface area contributed by atoms with Crippen LogP contribution in [0.1, 0.15) is 20.3 Å². The first-order chi connectivity index (χ1) is 10.0. The molecule has 21 heavy (non-hydrogen) atoms. The van der Waals surface area contributed by atoms with Crippen LogP contribution in [0.5, 0.6) is 0 Å². The van der Waals surface area contributed by atoms with Gasteiger partial charge in [0.25, 0.3) is 0 Å². The predicted molar refractivity (Wildman–Crippen MR) is 80.5 cm³/mol. The molecule has 1 heterocycles. The van der Waals surface area contributed by atoms with Crippen LogP contribution in [0.15, 0.2) is 18.2 Å². The summed E-state index contributed by atoms with van der Waals surface area (Å²) in [5.41, 5.74) is 6.15. The van der Waals surface area contributed by atoms with E-state index in [1.54, 1.807) is 0 Å². The number of ether oxygens (including phenoxy) is 1. The van der Waals surface area contributed by atoms with E-state index >= 15 is 0 Å². The van der Waals surface area contributed by atoms with Crippen LogP contribution in [0.3, 0.4) is 0 Å². The van der Waals surface area contributed by atoms with Gasteiger partial charge in [0.2, 0.25) is 5.91 Å². The number of rotatable bonds is 4. The molecule has 1 amide bonds. The lowest BCUT2D eigenvalue weighted by Gasteiger charge is -2.38. The van der Waals surface area contributed by atoms with Crippen LogP contribution in [0.25, 0.3) is 0 Å². The molecule has 2 unspecified atom stereocenters. The molecular formula is C15H22FN3O2. The maximum atomic E-state index is 13.7. The number of nitrogens with one attached hydrogen (secondary N) is 1. The minimum atomic E-state index is -0.487. The van der Waals surface area contributed by atoms with Crippen molar-refractivity contribution in [2.24, 2.45) is 0 Å². The fourth-order valence-electron chi connectivity index (χ4n) is 2.56. The number of carbonyl (C=O) groups is 1. The molecule has 6 heteroatoms. The van der Waals surface area contributed by atoms with Crippen molar-refractivity contribution in [3.8, 4) is 0 Å². The standard InChI is InChI=1S/C15H22FN3O2/c1-3-12-9-21-7-6-19(12)10(2)15(20)18-14-8-11(17)4-5-13(14)16/h4-5,8,10,12H,3,6-7,9,17H2,1-2H3,(H,18,20). The van der Waals surface area contributed by atoms with Crippen molar-refractivity contribution in [3.63, 3.8) is 0 Å². The molecule has 3 N–H and O–H groups in total. The van der Waals surface area contributed by atoms with Crippen LogP contribution in [0, 0.1) is 5.82 Å². The summed E-state index contributed by atoms with van der Waals surface area (Å²) < 4.78 is 19.1. The van der Waals surface area contributed by atoms with Crippen molar-refractivity contribution < 1.29 is 13.9 Å². The molecule has 0 aromatic heterocycles. The Morgan fingerprint density at radius 1 is 1.62 bits per heavy atom. The van der Waals surface area contributed by atoms with Crippen LogP contribution in [-0.4, -0.2) is 42.6 Å². The van der Waals surface area contributed by atoms with Gasteiger partial charge in [-0.25, -0.2) is 4.39 Å². The first-order valence-corrected chi connectivity index (χ1v) is 7.22. The molecule has 1 aliphatic rings. The smallest absolute Gasteiger partial charge is 0.241 e. The van der Waals surface area contributed by atoms with E-state index < -0.39 is 5.82 Å². The van der Waals surface area contributed by atoms with Crippen LogP contribution in [-0.2, 0) is 9.53 Å². The highest BCUT2D eigenvalue weighted by molar-refractivity contribution is 5.95. The number of benzene rings is 1. The third kappa shape index (κ3) is 3.71. The lowest BCUT2D eigenvalue weighted by molar-refractivity contribution is -0.124. The maximum absolute atomic E-state index is 13.7. The highest BCUT2D eigenvalue weighted by Crippen LogP contribution is 2.19. The van der Waals surface area contributed by atoms with Crippen LogP contribution < -0.4 is 11.1 Å². The highest BCUT2D eigenvalue weighted by Gasteiger charge is 2.30. The minimum Gasteiger partial charge on any atom is -0.399 e. The van der Waals surface area contributed by atoms with Crippen LogP contribution in [0.2, 0.25) is 0 Å². The molecule has 1 fully saturated rings. The Morgan fingerprint density at radius 3 is 3.10 bits per heavy atom. The summed E-state index contributed by atoms with van der Waals surface area (Å²) in [6.45, 7) is 5.83. The van der Waals surface area contributed by atoms with Gasteiger partial charge in [0, 0.05) is 18.3 Å². The zero-order valence-electron chi connectivity index (χ0n) is 12.4. The van der Waals surface area contributed by atoms with E-state index in [0.29, 0.717) is 25.4 Å². The number of amides is 1. The number of halogens is 1. The van der Waals surface area contributed by atoms with Gasteiger partial charge in [-0.1, -0.05) is 6.92 Å². The van der Waals surface area contributed by atoms with Gasteiger partial charge in [-0.3, -0.25) is 9.69 Å². The summed E-state index contributed by atoms with van der Waals surface area (Å²) in [5, 5.41) is 2.62. The molecule has 0 spiro atoms. The number of nitrogens with two attached hydrogens (primary N) is 1. The van der Waals surface area contributed by atoms with Crippen molar-refractivity contribution in [2.75, 3.05) is 30.8 Å². The molecule has 2 atom stereocenters. The first kappa shape index (κ1) is 15.7. The van der Waals surface area contributed by atoms with E-state index in [-0.39, 0.29) is 23.7 Å². The van der Waals surface area contributed by atoms with Crippen molar-refractivity contribution in [1.82, 2.24) is 4.90 Å². The summed E-state index contributed by atoms with van der Waals surface area (Å²) in [7, 11) is 0. The summed E-state index contributed by atoms with van der Waals surface area (Å²) in [6.07, 6.45) is 0.907. The SMILES string of the molecule is CCC1COCCN1C(C)C(=O)Nc1cc(N)ccc1F. The lowest BCUT2D eigenvalue weighted by Crippen LogP contribution is -2.53. The average Bonchev–Trinajstić information content (AvgIpc) is 2.50. The fraction of sp³-hybridized carbons (Fsp3) is 0.533. The number of nitrogens with zero attached hydrogens (tertiary/aromatic N) is 1. The average molecular weight is 295 g/mol. The third-order valence-corrected chi connectivity index (χ3v) is 3.87. The van der Waals surface area contributed by atoms with Crippen LogP contribution >= 0.6 is 0 Å². The highest BCUT2D eigenvalue weighted by atomic mass is 19.1. The summed E-state index contributed by atoms with van der Waals surface area (Å²) in [5.74, 6) is -0.724. The Hall–Kier alpha value is -1.66. The Morgan fingerprint density at radius 2 is 2.38 bits per heavy atom. The molecule has 1 aromatic rings. The second-order valence-corrected chi connectivity index (χ2v) is 5.28. The molecule has 0 radical (unpaired) electrons. The normalized spacial score (nSPS) is 21.0. The Bertz CT molecular complexity index is 510. The first-order valence-electron chi connectivity index (χ1n) is 7.22. The van der Waals surface area contributed by atoms with Gasteiger partial charge >= 0.3 is 0 Å². The number of hydrogen-bond acceptors (Lipinski definition) is 4. The van der Waals surface area contributed by atoms with E-state index in [1.165, 1.54) is 18.2 Å². The van der Waals surface area contributed by atoms with Crippen molar-refractivity contribution in [2.45, 2.75) is 32.4 Å². The van der Waals surface area contributed by atoms with E-state index in [2.05, 4.69) is 17.1 Å². The van der Waals surface area contributed by atoms with Crippen molar-refractivity contribution in [1.29, 1.82) is 0 Å². The molecule has 5 nitrogen and oxygen atoms in total. The zero-order chi connectivity index (χ0) is 15.4. The number of carbonyl (C=O) groups excluding carboxylic acids is 1. The van der Waals surface area contributed by atoms with Gasteiger partial charge in [0.05, 0.1) is 24.9 Å². The molecule has 0 bridgehead atoms. The molecule has 116 valence electrons. The second kappa shape index (κ2) is 6.87. The predicted octanol–water partition coefficient (Wildman–Crippen LogP) is 1.85. The topological polar surface area (TPSA) is 67.6 Å². The van der Waals surface area contributed by atoms with Gasteiger partial charge < -0.3 is 15.8 Å². The molecular weight excluding hydrogens is 273 g/mol. The number of morpholine rings is 1. The van der Waals surface area contributed by atoms with E-state index in [1.807, 2.05) is 6.92 Å². The summed E-state index contributed by atoms with van der Waals surface area (Å²) >= 11 is 0. The Labute approximate surface area is 124 Å². The van der Waals surface area contributed by atoms with Crippen molar-refractivity contribution >= 4 is 17.3 Å². The Balaban J connectivity index is 2.06. The van der Waals surface area contributed by atoms with Gasteiger partial charge in [0.1, 0.15) is 5.82 Å². The molecule has 1 saturated heterocycles. The molecule has 0 saturated carbocycles. The van der Waals surface area contributed by atoms with Crippen molar-refractivity contribution in [3.05, 3.63) is 24.0 Å². The number of hydrogen-bond donors (Lipinski definition) is 2. The molecule has 0 aliphatic carbocycles. The number of anilines is 2. The van der Waals surface area contributed by atoms with Crippen LogP contribution in [0.4, 0.5) is 15.8 Å². The number of nitrogen functional groups attached to an aromatic ring is 1. The third-order valence-electron chi connectivity index (χ3n) is 3.87. The Kier molecular flexibility index (Phi) is 5.14. The lowest BCUT2D eigenvalue weighted by atomic mass is 10.1. The van der Waals surface area contributed by atoms with Gasteiger partial charge in [0.15, 0.2) is 0 Å². The fourth-order valence-corrected chi connectivity index (χ4v) is 2.56. The largest absolute Gasteiger partial charge is 0.399 e. The van der Waals surface area contributed by atoms with Gasteiger partial charge in [-0.05, 0) is 31.5 Å². The zero-order valence-corrected chi connectivity index (χ0v) is 12.4. The van der Waals surface area contributed by atoms with E-state index in [0.717, 1.165) is 6.42 Å². The monoisotopic (exact) mass is 295 g/mol. The second-order valence-electron chi connectivity index (χ2n) is 5.28. The summed E-state index contributed by atoms with van der Waals surface area (Å²) in [6, 6.07) is 4.00. The molecule has 1 aliphatic heterocycles. The van der Waals surface area contributed by atoms with Gasteiger partial charge in [-0.2, -0.15) is 0 Å². The quantitative estimate of drug-likeness (QED) is 0.832. The maximum Gasteiger partial charge on any atom is 0.241 e. The molecule has 2 rings (SSSR count).